The highest BCUT2D eigenvalue weighted by Gasteiger charge is 2.53. The number of hydrogen-bond acceptors (Lipinski definition) is 7. The average molecular weight is 604 g/mol. The van der Waals surface area contributed by atoms with Gasteiger partial charge in [0, 0.05) is 36.0 Å². The summed E-state index contributed by atoms with van der Waals surface area (Å²) in [6.45, 7) is 10.4. The van der Waals surface area contributed by atoms with Crippen molar-refractivity contribution in [3.8, 4) is 5.75 Å². The molecule has 0 aliphatic carbocycles. The molecular formula is C30H39BrN2O6. The van der Waals surface area contributed by atoms with E-state index < -0.39 is 23.2 Å². The molecule has 0 spiro atoms. The standard InChI is InChI=1S/C30H39BrN2O6/c1-20(2)19-32-28(36)30(16-15-25(35)39-29(3,4)5)26(21-7-11-23(31)12-8-21)38-27(33-30)22-9-13-24(14-10-22)37-18-6-17-34/h7-14,20,26,34H,6,15-19H2,1-5H3,(H,32,36)/t26-,30-/m1/s1. The summed E-state index contributed by atoms with van der Waals surface area (Å²) in [5.74, 6) is 0.495. The monoisotopic (exact) mass is 602 g/mol. The SMILES string of the molecule is CC(C)CNC(=O)[C@]1(CCC(=O)OC(C)(C)C)N=C(c2ccc(OCCCO)cc2)O[C@@H]1c1ccc(Br)cc1. The van der Waals surface area contributed by atoms with Gasteiger partial charge in [-0.15, -0.1) is 0 Å². The molecule has 212 valence electrons. The van der Waals surface area contributed by atoms with Gasteiger partial charge in [-0.1, -0.05) is 41.9 Å². The number of amides is 1. The largest absolute Gasteiger partial charge is 0.494 e. The Bertz CT molecular complexity index is 1140. The highest BCUT2D eigenvalue weighted by molar-refractivity contribution is 9.10. The molecule has 2 N–H and O–H groups in total. The lowest BCUT2D eigenvalue weighted by molar-refractivity contribution is -0.155. The smallest absolute Gasteiger partial charge is 0.306 e. The molecule has 0 saturated carbocycles. The van der Waals surface area contributed by atoms with Crippen molar-refractivity contribution < 1.29 is 28.9 Å². The van der Waals surface area contributed by atoms with Gasteiger partial charge in [0.05, 0.1) is 6.61 Å². The second-order valence-corrected chi connectivity index (χ2v) is 11.9. The van der Waals surface area contributed by atoms with Crippen LogP contribution in [0.5, 0.6) is 5.75 Å². The van der Waals surface area contributed by atoms with Crippen LogP contribution >= 0.6 is 15.9 Å². The number of aliphatic hydroxyl groups is 1. The van der Waals surface area contributed by atoms with Gasteiger partial charge < -0.3 is 24.6 Å². The van der Waals surface area contributed by atoms with Crippen LogP contribution < -0.4 is 10.1 Å². The maximum absolute atomic E-state index is 13.9. The van der Waals surface area contributed by atoms with Crippen molar-refractivity contribution in [3.05, 3.63) is 64.1 Å². The summed E-state index contributed by atoms with van der Waals surface area (Å²) in [7, 11) is 0. The van der Waals surface area contributed by atoms with E-state index in [2.05, 4.69) is 21.2 Å². The van der Waals surface area contributed by atoms with Crippen LogP contribution in [0.3, 0.4) is 0 Å². The van der Waals surface area contributed by atoms with E-state index in [0.717, 1.165) is 10.0 Å². The van der Waals surface area contributed by atoms with Crippen LogP contribution in [0.1, 0.15) is 71.1 Å². The van der Waals surface area contributed by atoms with Crippen molar-refractivity contribution in [1.82, 2.24) is 5.32 Å². The zero-order valence-corrected chi connectivity index (χ0v) is 24.9. The normalized spacial score (nSPS) is 18.9. The Balaban J connectivity index is 2.01. The Kier molecular flexibility index (Phi) is 10.6. The summed E-state index contributed by atoms with van der Waals surface area (Å²) < 4.78 is 18.5. The third-order valence-corrected chi connectivity index (χ3v) is 6.53. The zero-order valence-electron chi connectivity index (χ0n) is 23.3. The van der Waals surface area contributed by atoms with Crippen LogP contribution in [-0.4, -0.2) is 53.8 Å². The van der Waals surface area contributed by atoms with Gasteiger partial charge in [-0.2, -0.15) is 0 Å². The van der Waals surface area contributed by atoms with Gasteiger partial charge in [0.1, 0.15) is 11.4 Å². The first-order valence-corrected chi connectivity index (χ1v) is 14.1. The number of ether oxygens (including phenoxy) is 3. The summed E-state index contributed by atoms with van der Waals surface area (Å²) in [6.07, 6.45) is -0.107. The van der Waals surface area contributed by atoms with Crippen molar-refractivity contribution >= 4 is 33.7 Å². The second-order valence-electron chi connectivity index (χ2n) is 11.0. The quantitative estimate of drug-likeness (QED) is 0.250. The van der Waals surface area contributed by atoms with E-state index in [1.165, 1.54) is 0 Å². The number of nitrogens with zero attached hydrogens (tertiary/aromatic N) is 1. The van der Waals surface area contributed by atoms with Crippen LogP contribution in [0, 0.1) is 5.92 Å². The second kappa shape index (κ2) is 13.4. The maximum Gasteiger partial charge on any atom is 0.306 e. The van der Waals surface area contributed by atoms with Crippen LogP contribution in [0.25, 0.3) is 0 Å². The van der Waals surface area contributed by atoms with E-state index in [4.69, 9.17) is 24.3 Å². The fourth-order valence-corrected chi connectivity index (χ4v) is 4.41. The first-order valence-electron chi connectivity index (χ1n) is 13.3. The molecule has 1 amide bonds. The summed E-state index contributed by atoms with van der Waals surface area (Å²) in [5.41, 5.74) is -0.575. The van der Waals surface area contributed by atoms with E-state index in [1.807, 2.05) is 71.0 Å². The molecule has 0 unspecified atom stereocenters. The van der Waals surface area contributed by atoms with Crippen molar-refractivity contribution in [1.29, 1.82) is 0 Å². The lowest BCUT2D eigenvalue weighted by Gasteiger charge is -2.31. The van der Waals surface area contributed by atoms with Gasteiger partial charge in [-0.25, -0.2) is 4.99 Å². The molecule has 2 aromatic carbocycles. The Morgan fingerprint density at radius 3 is 2.38 bits per heavy atom. The number of esters is 1. The molecule has 1 heterocycles. The number of carbonyl (C=O) groups excluding carboxylic acids is 2. The predicted octanol–water partition coefficient (Wildman–Crippen LogP) is 5.36. The van der Waals surface area contributed by atoms with Crippen molar-refractivity contribution in [2.75, 3.05) is 19.8 Å². The Morgan fingerprint density at radius 2 is 1.79 bits per heavy atom. The Hall–Kier alpha value is -2.91. The molecule has 2 aromatic rings. The fourth-order valence-electron chi connectivity index (χ4n) is 4.14. The number of aliphatic hydroxyl groups excluding tert-OH is 1. The van der Waals surface area contributed by atoms with Crippen molar-refractivity contribution in [3.63, 3.8) is 0 Å². The molecule has 3 rings (SSSR count). The van der Waals surface area contributed by atoms with E-state index in [9.17, 15) is 9.59 Å². The van der Waals surface area contributed by atoms with Gasteiger partial charge in [0.2, 0.25) is 5.90 Å². The number of hydrogen-bond donors (Lipinski definition) is 2. The number of benzene rings is 2. The summed E-state index contributed by atoms with van der Waals surface area (Å²) >= 11 is 3.47. The summed E-state index contributed by atoms with van der Waals surface area (Å²) in [5, 5.41) is 12.0. The highest BCUT2D eigenvalue weighted by Crippen LogP contribution is 2.43. The third kappa shape index (κ3) is 8.54. The van der Waals surface area contributed by atoms with Crippen molar-refractivity contribution in [2.45, 2.75) is 71.1 Å². The number of rotatable bonds is 12. The maximum atomic E-state index is 13.9. The third-order valence-electron chi connectivity index (χ3n) is 6.00. The molecule has 9 heteroatoms. The molecule has 0 bridgehead atoms. The Labute approximate surface area is 239 Å². The minimum Gasteiger partial charge on any atom is -0.494 e. The van der Waals surface area contributed by atoms with Crippen molar-refractivity contribution in [2.24, 2.45) is 10.9 Å². The van der Waals surface area contributed by atoms with Gasteiger partial charge >= 0.3 is 5.97 Å². The zero-order chi connectivity index (χ0) is 28.6. The molecule has 1 aliphatic rings. The average Bonchev–Trinajstić information content (AvgIpc) is 3.27. The molecule has 8 nitrogen and oxygen atoms in total. The molecular weight excluding hydrogens is 564 g/mol. The number of halogens is 1. The minimum atomic E-state index is -1.38. The first kappa shape index (κ1) is 30.6. The predicted molar refractivity (Wildman–Crippen MR) is 154 cm³/mol. The summed E-state index contributed by atoms with van der Waals surface area (Å²) in [4.78, 5) is 31.6. The van der Waals surface area contributed by atoms with Crippen LogP contribution in [0.4, 0.5) is 0 Å². The molecule has 0 fully saturated rings. The van der Waals surface area contributed by atoms with Gasteiger partial charge in [0.25, 0.3) is 5.91 Å². The molecule has 0 saturated heterocycles. The topological polar surface area (TPSA) is 106 Å². The highest BCUT2D eigenvalue weighted by atomic mass is 79.9. The molecule has 39 heavy (non-hydrogen) atoms. The van der Waals surface area contributed by atoms with E-state index >= 15 is 0 Å². The molecule has 2 atom stereocenters. The number of aliphatic imine (C=N–C) groups is 1. The number of carbonyl (C=O) groups is 2. The van der Waals surface area contributed by atoms with Crippen LogP contribution in [-0.2, 0) is 19.1 Å². The summed E-state index contributed by atoms with van der Waals surface area (Å²) in [6, 6.07) is 14.8. The van der Waals surface area contributed by atoms with E-state index in [1.54, 1.807) is 12.1 Å². The minimum absolute atomic E-state index is 0.00281. The van der Waals surface area contributed by atoms with Crippen LogP contribution in [0.2, 0.25) is 0 Å². The molecule has 0 radical (unpaired) electrons. The first-order chi connectivity index (χ1) is 18.4. The number of nitrogens with one attached hydrogen (secondary N) is 1. The lowest BCUT2D eigenvalue weighted by atomic mass is 9.83. The fraction of sp³-hybridized carbons (Fsp3) is 0.500. The van der Waals surface area contributed by atoms with E-state index in [-0.39, 0.29) is 31.3 Å². The molecule has 0 aromatic heterocycles. The van der Waals surface area contributed by atoms with Gasteiger partial charge in [-0.3, -0.25) is 9.59 Å². The molecule has 1 aliphatic heterocycles. The van der Waals surface area contributed by atoms with Crippen LogP contribution in [0.15, 0.2) is 58.0 Å². The van der Waals surface area contributed by atoms with Gasteiger partial charge in [0.15, 0.2) is 11.6 Å². The lowest BCUT2D eigenvalue weighted by Crippen LogP contribution is -2.49. The van der Waals surface area contributed by atoms with Gasteiger partial charge in [-0.05, 0) is 75.1 Å². The van der Waals surface area contributed by atoms with E-state index in [0.29, 0.717) is 36.8 Å². The Morgan fingerprint density at radius 1 is 1.13 bits per heavy atom.